The summed E-state index contributed by atoms with van der Waals surface area (Å²) >= 11 is 0. The lowest BCUT2D eigenvalue weighted by Crippen LogP contribution is -2.34. The van der Waals surface area contributed by atoms with Crippen LogP contribution in [0.5, 0.6) is 0 Å². The lowest BCUT2D eigenvalue weighted by atomic mass is 10.2. The van der Waals surface area contributed by atoms with Gasteiger partial charge in [0, 0.05) is 0 Å². The summed E-state index contributed by atoms with van der Waals surface area (Å²) in [7, 11) is 2.01. The summed E-state index contributed by atoms with van der Waals surface area (Å²) < 4.78 is 9.39. The van der Waals surface area contributed by atoms with E-state index in [0.29, 0.717) is 13.1 Å². The van der Waals surface area contributed by atoms with Gasteiger partial charge in [-0.1, -0.05) is 12.1 Å². The summed E-state index contributed by atoms with van der Waals surface area (Å²) in [5, 5.41) is 2.77. The maximum absolute atomic E-state index is 11.6. The third-order valence-corrected chi connectivity index (χ3v) is 2.90. The minimum atomic E-state index is -0.462. The number of fused-ring (bicyclic) bond motifs is 1. The van der Waals surface area contributed by atoms with Gasteiger partial charge in [-0.15, -0.1) is 0 Å². The zero-order valence-electron chi connectivity index (χ0n) is 12.5. The van der Waals surface area contributed by atoms with Gasteiger partial charge in [0.15, 0.2) is 11.0 Å². The molecule has 2 rings (SSSR count). The van der Waals surface area contributed by atoms with Gasteiger partial charge in [0.05, 0.1) is 13.6 Å². The summed E-state index contributed by atoms with van der Waals surface area (Å²) in [4.78, 5) is 11.6. The highest BCUT2D eigenvalue weighted by atomic mass is 16.6. The number of ether oxygens (including phenoxy) is 1. The fraction of sp³-hybridized carbons (Fsp3) is 0.467. The number of nitrogens with zero attached hydrogens (tertiary/aromatic N) is 2. The minimum Gasteiger partial charge on any atom is -0.444 e. The molecule has 20 heavy (non-hydrogen) atoms. The van der Waals surface area contributed by atoms with E-state index < -0.39 is 5.60 Å². The molecule has 1 aromatic heterocycles. The molecule has 0 spiro atoms. The van der Waals surface area contributed by atoms with Crippen LogP contribution in [-0.2, 0) is 18.3 Å². The van der Waals surface area contributed by atoms with E-state index in [1.807, 2.05) is 46.3 Å². The number of carbonyl (C=O) groups is 1. The van der Waals surface area contributed by atoms with Crippen molar-refractivity contribution in [1.29, 1.82) is 0 Å². The molecule has 0 unspecified atom stereocenters. The molecule has 1 heterocycles. The zero-order valence-corrected chi connectivity index (χ0v) is 12.5. The van der Waals surface area contributed by atoms with Crippen LogP contribution in [0.1, 0.15) is 20.8 Å². The van der Waals surface area contributed by atoms with Crippen LogP contribution in [-0.4, -0.2) is 22.8 Å². The second-order valence-corrected chi connectivity index (χ2v) is 5.84. The third kappa shape index (κ3) is 3.50. The van der Waals surface area contributed by atoms with E-state index in [0.717, 1.165) is 5.52 Å². The topological polar surface area (TPSA) is 47.1 Å². The molecule has 1 amide bonds. The highest BCUT2D eigenvalue weighted by molar-refractivity contribution is 5.71. The van der Waals surface area contributed by atoms with Crippen LogP contribution in [0.25, 0.3) is 11.0 Å². The second-order valence-electron chi connectivity index (χ2n) is 5.84. The number of aryl methyl sites for hydroxylation is 1. The van der Waals surface area contributed by atoms with Crippen molar-refractivity contribution in [2.75, 3.05) is 6.54 Å². The number of hydrogen-bond acceptors (Lipinski definition) is 2. The summed E-state index contributed by atoms with van der Waals surface area (Å²) in [5.41, 5.74) is 1.86. The number of alkyl carbamates (subject to hydrolysis) is 1. The van der Waals surface area contributed by atoms with Gasteiger partial charge in [-0.25, -0.2) is 13.9 Å². The van der Waals surface area contributed by atoms with Gasteiger partial charge in [-0.3, -0.25) is 0 Å². The molecule has 0 radical (unpaired) electrons. The SMILES string of the molecule is C[n+]1cn(CCNC(=O)OC(C)(C)C)c2ccccc21. The monoisotopic (exact) mass is 276 g/mol. The zero-order chi connectivity index (χ0) is 14.8. The normalized spacial score (nSPS) is 11.6. The van der Waals surface area contributed by atoms with E-state index >= 15 is 0 Å². The lowest BCUT2D eigenvalue weighted by molar-refractivity contribution is -0.645. The van der Waals surface area contributed by atoms with E-state index in [2.05, 4.69) is 26.6 Å². The number of rotatable bonds is 3. The van der Waals surface area contributed by atoms with E-state index in [-0.39, 0.29) is 6.09 Å². The molecule has 5 nitrogen and oxygen atoms in total. The molecule has 0 fully saturated rings. The number of imidazole rings is 1. The first-order chi connectivity index (χ1) is 9.37. The van der Waals surface area contributed by atoms with E-state index in [9.17, 15) is 4.79 Å². The van der Waals surface area contributed by atoms with Gasteiger partial charge in [0.1, 0.15) is 12.1 Å². The molecule has 5 heteroatoms. The Hall–Kier alpha value is -2.04. The first-order valence-corrected chi connectivity index (χ1v) is 6.77. The molecule has 0 saturated heterocycles. The van der Waals surface area contributed by atoms with Crippen molar-refractivity contribution in [2.24, 2.45) is 7.05 Å². The highest BCUT2D eigenvalue weighted by Gasteiger charge is 2.16. The van der Waals surface area contributed by atoms with Crippen molar-refractivity contribution in [3.8, 4) is 0 Å². The van der Waals surface area contributed by atoms with Crippen LogP contribution in [0.2, 0.25) is 0 Å². The van der Waals surface area contributed by atoms with E-state index in [1.54, 1.807) is 0 Å². The smallest absolute Gasteiger partial charge is 0.407 e. The Morgan fingerprint density at radius 2 is 2.05 bits per heavy atom. The minimum absolute atomic E-state index is 0.377. The number of carbonyl (C=O) groups excluding carboxylic acids is 1. The Bertz CT molecular complexity index is 611. The quantitative estimate of drug-likeness (QED) is 0.872. The first kappa shape index (κ1) is 14.4. The van der Waals surface area contributed by atoms with Gasteiger partial charge in [-0.2, -0.15) is 0 Å². The summed E-state index contributed by atoms with van der Waals surface area (Å²) in [6.45, 7) is 6.80. The predicted molar refractivity (Wildman–Crippen MR) is 77.4 cm³/mol. The van der Waals surface area contributed by atoms with Gasteiger partial charge < -0.3 is 10.1 Å². The van der Waals surface area contributed by atoms with Gasteiger partial charge in [0.25, 0.3) is 0 Å². The number of hydrogen-bond donors (Lipinski definition) is 1. The standard InChI is InChI=1S/C15H21N3O2/c1-15(2,3)20-14(19)16-9-10-18-11-17(4)12-7-5-6-8-13(12)18/h5-8,11H,9-10H2,1-4H3/p+1. The summed E-state index contributed by atoms with van der Waals surface area (Å²) in [5.74, 6) is 0. The Balaban J connectivity index is 1.95. The molecule has 108 valence electrons. The molecule has 1 N–H and O–H groups in total. The Morgan fingerprint density at radius 3 is 2.75 bits per heavy atom. The van der Waals surface area contributed by atoms with Crippen molar-refractivity contribution < 1.29 is 14.1 Å². The molecule has 0 bridgehead atoms. The summed E-state index contributed by atoms with van der Waals surface area (Å²) in [6.07, 6.45) is 1.65. The lowest BCUT2D eigenvalue weighted by Gasteiger charge is -2.19. The van der Waals surface area contributed by atoms with Crippen molar-refractivity contribution >= 4 is 17.1 Å². The molecule has 0 aliphatic heterocycles. The average Bonchev–Trinajstić information content (AvgIpc) is 2.65. The average molecular weight is 276 g/mol. The van der Waals surface area contributed by atoms with Crippen molar-refractivity contribution in [1.82, 2.24) is 9.88 Å². The maximum Gasteiger partial charge on any atom is 0.407 e. The Kier molecular flexibility index (Phi) is 3.97. The fourth-order valence-corrected chi connectivity index (χ4v) is 2.11. The molecule has 1 aromatic carbocycles. The first-order valence-electron chi connectivity index (χ1n) is 6.77. The number of nitrogens with one attached hydrogen (secondary N) is 1. The molecule has 0 aliphatic rings. The molecular weight excluding hydrogens is 254 g/mol. The van der Waals surface area contributed by atoms with Crippen LogP contribution in [0.3, 0.4) is 0 Å². The number of amides is 1. The molecule has 0 atom stereocenters. The van der Waals surface area contributed by atoms with Crippen LogP contribution >= 0.6 is 0 Å². The Morgan fingerprint density at radius 1 is 1.35 bits per heavy atom. The van der Waals surface area contributed by atoms with Crippen LogP contribution in [0, 0.1) is 0 Å². The third-order valence-electron chi connectivity index (χ3n) is 2.90. The highest BCUT2D eigenvalue weighted by Crippen LogP contribution is 2.09. The largest absolute Gasteiger partial charge is 0.444 e. The number of benzene rings is 1. The van der Waals surface area contributed by atoms with Gasteiger partial charge in [-0.05, 0) is 32.9 Å². The van der Waals surface area contributed by atoms with Gasteiger partial charge >= 0.3 is 6.09 Å². The number of para-hydroxylation sites is 2. The van der Waals surface area contributed by atoms with Crippen molar-refractivity contribution in [2.45, 2.75) is 32.9 Å². The Labute approximate surface area is 119 Å². The number of aromatic nitrogens is 2. The van der Waals surface area contributed by atoms with Crippen LogP contribution in [0.15, 0.2) is 30.6 Å². The molecular formula is C15H22N3O2+. The molecule has 0 saturated carbocycles. The fourth-order valence-electron chi connectivity index (χ4n) is 2.11. The van der Waals surface area contributed by atoms with Crippen LogP contribution < -0.4 is 9.88 Å². The summed E-state index contributed by atoms with van der Waals surface area (Å²) in [6, 6.07) is 8.18. The van der Waals surface area contributed by atoms with E-state index in [4.69, 9.17) is 4.74 Å². The van der Waals surface area contributed by atoms with E-state index in [1.165, 1.54) is 5.52 Å². The second kappa shape index (κ2) is 5.53. The predicted octanol–water partition coefficient (Wildman–Crippen LogP) is 1.99. The van der Waals surface area contributed by atoms with Gasteiger partial charge in [0.2, 0.25) is 6.33 Å². The van der Waals surface area contributed by atoms with Crippen molar-refractivity contribution in [3.63, 3.8) is 0 Å². The van der Waals surface area contributed by atoms with Crippen molar-refractivity contribution in [3.05, 3.63) is 30.6 Å². The maximum atomic E-state index is 11.6. The molecule has 2 aromatic rings. The van der Waals surface area contributed by atoms with Crippen LogP contribution in [0.4, 0.5) is 4.79 Å². The molecule has 0 aliphatic carbocycles.